The maximum atomic E-state index is 13.1. The van der Waals surface area contributed by atoms with Crippen LogP contribution in [0.5, 0.6) is 0 Å². The monoisotopic (exact) mass is 417 g/mol. The highest BCUT2D eigenvalue weighted by Crippen LogP contribution is 2.28. The number of aromatic nitrogens is 2. The number of nitrogens with zero attached hydrogens (tertiary/aromatic N) is 3. The van der Waals surface area contributed by atoms with Gasteiger partial charge in [0.05, 0.1) is 5.60 Å². The third-order valence-corrected chi connectivity index (χ3v) is 6.98. The van der Waals surface area contributed by atoms with Crippen LogP contribution in [0.3, 0.4) is 0 Å². The third-order valence-electron chi connectivity index (χ3n) is 6.98. The second-order valence-electron chi connectivity index (χ2n) is 9.36. The lowest BCUT2D eigenvalue weighted by atomic mass is 9.93. The number of amides is 2. The Morgan fingerprint density at radius 2 is 1.90 bits per heavy atom. The fourth-order valence-electron chi connectivity index (χ4n) is 5.29. The SMILES string of the molecule is CC(=O)NC1CCN(C[C@]2(O)CCCN(C(=O)c3n[nH]c4c3CCCC4)CC2)CC1. The van der Waals surface area contributed by atoms with E-state index in [4.69, 9.17) is 0 Å². The summed E-state index contributed by atoms with van der Waals surface area (Å²) < 4.78 is 0. The van der Waals surface area contributed by atoms with Gasteiger partial charge in [-0.05, 0) is 57.8 Å². The number of hydrogen-bond donors (Lipinski definition) is 3. The van der Waals surface area contributed by atoms with Crippen molar-refractivity contribution < 1.29 is 14.7 Å². The molecular formula is C22H35N5O3. The molecule has 0 unspecified atom stereocenters. The van der Waals surface area contributed by atoms with Crippen molar-refractivity contribution in [3.05, 3.63) is 17.0 Å². The van der Waals surface area contributed by atoms with E-state index in [1.54, 1.807) is 6.92 Å². The highest BCUT2D eigenvalue weighted by molar-refractivity contribution is 5.94. The number of H-pyrrole nitrogens is 1. The van der Waals surface area contributed by atoms with Crippen LogP contribution in [0, 0.1) is 0 Å². The van der Waals surface area contributed by atoms with Crippen LogP contribution in [0.25, 0.3) is 0 Å². The van der Waals surface area contributed by atoms with E-state index in [2.05, 4.69) is 20.4 Å². The Bertz CT molecular complexity index is 771. The number of hydrogen-bond acceptors (Lipinski definition) is 5. The topological polar surface area (TPSA) is 102 Å². The Morgan fingerprint density at radius 1 is 1.13 bits per heavy atom. The summed E-state index contributed by atoms with van der Waals surface area (Å²) in [5, 5.41) is 21.7. The van der Waals surface area contributed by atoms with Crippen LogP contribution in [0.1, 0.15) is 73.6 Å². The van der Waals surface area contributed by atoms with E-state index >= 15 is 0 Å². The van der Waals surface area contributed by atoms with Crippen molar-refractivity contribution in [3.63, 3.8) is 0 Å². The molecule has 2 aliphatic heterocycles. The minimum atomic E-state index is -0.763. The molecule has 0 radical (unpaired) electrons. The molecule has 3 heterocycles. The lowest BCUT2D eigenvalue weighted by molar-refractivity contribution is -0.120. The summed E-state index contributed by atoms with van der Waals surface area (Å²) in [5.74, 6) is 0.0357. The maximum absolute atomic E-state index is 13.1. The second kappa shape index (κ2) is 9.06. The Hall–Kier alpha value is -1.93. The Labute approximate surface area is 178 Å². The van der Waals surface area contributed by atoms with Gasteiger partial charge in [-0.3, -0.25) is 14.7 Å². The zero-order valence-electron chi connectivity index (χ0n) is 18.1. The predicted octanol–water partition coefficient (Wildman–Crippen LogP) is 1.25. The van der Waals surface area contributed by atoms with Crippen molar-refractivity contribution in [1.29, 1.82) is 0 Å². The van der Waals surface area contributed by atoms with Gasteiger partial charge < -0.3 is 20.2 Å². The average Bonchev–Trinajstić information content (AvgIpc) is 3.06. The number of aryl methyl sites for hydroxylation is 1. The van der Waals surface area contributed by atoms with Gasteiger partial charge in [0.15, 0.2) is 5.69 Å². The molecule has 166 valence electrons. The van der Waals surface area contributed by atoms with Crippen molar-refractivity contribution in [2.75, 3.05) is 32.7 Å². The summed E-state index contributed by atoms with van der Waals surface area (Å²) in [6, 6.07) is 0.246. The summed E-state index contributed by atoms with van der Waals surface area (Å²) in [4.78, 5) is 28.6. The van der Waals surface area contributed by atoms with Gasteiger partial charge in [0.25, 0.3) is 5.91 Å². The van der Waals surface area contributed by atoms with Crippen LogP contribution in [0.2, 0.25) is 0 Å². The smallest absolute Gasteiger partial charge is 0.274 e. The van der Waals surface area contributed by atoms with Gasteiger partial charge in [0, 0.05) is 56.9 Å². The van der Waals surface area contributed by atoms with Crippen molar-refractivity contribution in [1.82, 2.24) is 25.3 Å². The molecule has 0 spiro atoms. The molecule has 1 aliphatic carbocycles. The van der Waals surface area contributed by atoms with E-state index in [1.807, 2.05) is 4.90 Å². The van der Waals surface area contributed by atoms with E-state index < -0.39 is 5.60 Å². The maximum Gasteiger partial charge on any atom is 0.274 e. The van der Waals surface area contributed by atoms with Crippen molar-refractivity contribution >= 4 is 11.8 Å². The Morgan fingerprint density at radius 3 is 2.67 bits per heavy atom. The molecule has 2 fully saturated rings. The molecule has 0 aromatic carbocycles. The fourth-order valence-corrected chi connectivity index (χ4v) is 5.29. The summed E-state index contributed by atoms with van der Waals surface area (Å²) in [6.07, 6.45) is 8.13. The lowest BCUT2D eigenvalue weighted by Gasteiger charge is -2.38. The lowest BCUT2D eigenvalue weighted by Crippen LogP contribution is -2.50. The number of likely N-dealkylation sites (tertiary alicyclic amines) is 2. The van der Waals surface area contributed by atoms with E-state index in [0.29, 0.717) is 38.2 Å². The summed E-state index contributed by atoms with van der Waals surface area (Å²) in [6.45, 7) is 5.21. The molecule has 4 rings (SSSR count). The van der Waals surface area contributed by atoms with Crippen molar-refractivity contribution in [2.24, 2.45) is 0 Å². The Balaban J connectivity index is 1.32. The molecule has 3 N–H and O–H groups in total. The number of piperidine rings is 1. The number of carbonyl (C=O) groups is 2. The molecule has 3 aliphatic rings. The van der Waals surface area contributed by atoms with Crippen LogP contribution in [-0.2, 0) is 17.6 Å². The molecule has 0 bridgehead atoms. The average molecular weight is 418 g/mol. The standard InChI is InChI=1S/C22H35N5O3/c1-16(28)23-17-7-12-26(13-8-17)15-22(30)9-4-11-27(14-10-22)21(29)20-18-5-2-3-6-19(18)24-25-20/h17,30H,2-15H2,1H3,(H,23,28)(H,24,25)/t22-/m0/s1. The molecule has 1 atom stereocenters. The van der Waals surface area contributed by atoms with E-state index in [1.165, 1.54) is 0 Å². The first-order valence-electron chi connectivity index (χ1n) is 11.5. The van der Waals surface area contributed by atoms with Gasteiger partial charge >= 0.3 is 0 Å². The van der Waals surface area contributed by atoms with Gasteiger partial charge in [-0.1, -0.05) is 0 Å². The summed E-state index contributed by atoms with van der Waals surface area (Å²) >= 11 is 0. The molecule has 8 heteroatoms. The zero-order chi connectivity index (χ0) is 21.1. The van der Waals surface area contributed by atoms with Gasteiger partial charge in [0.2, 0.25) is 5.91 Å². The van der Waals surface area contributed by atoms with Gasteiger partial charge in [-0.2, -0.15) is 5.10 Å². The molecule has 2 amide bonds. The fraction of sp³-hybridized carbons (Fsp3) is 0.773. The molecule has 1 aromatic rings. The number of nitrogens with one attached hydrogen (secondary N) is 2. The van der Waals surface area contributed by atoms with E-state index in [9.17, 15) is 14.7 Å². The quantitative estimate of drug-likeness (QED) is 0.684. The number of β-amino-alcohol motifs (C(OH)–C–C–N with tert-alkyl or cyclic N) is 1. The first-order valence-corrected chi connectivity index (χ1v) is 11.5. The van der Waals surface area contributed by atoms with Crippen LogP contribution in [0.4, 0.5) is 0 Å². The van der Waals surface area contributed by atoms with Gasteiger partial charge in [-0.15, -0.1) is 0 Å². The highest BCUT2D eigenvalue weighted by atomic mass is 16.3. The number of carbonyl (C=O) groups excluding carboxylic acids is 2. The first-order chi connectivity index (χ1) is 14.4. The van der Waals surface area contributed by atoms with Crippen LogP contribution < -0.4 is 5.32 Å². The normalized spacial score (nSPS) is 26.1. The minimum absolute atomic E-state index is 0.00905. The van der Waals surface area contributed by atoms with Crippen LogP contribution in [-0.4, -0.2) is 81.3 Å². The van der Waals surface area contributed by atoms with E-state index in [-0.39, 0.29) is 17.9 Å². The van der Waals surface area contributed by atoms with Gasteiger partial charge in [-0.25, -0.2) is 0 Å². The molecule has 8 nitrogen and oxygen atoms in total. The van der Waals surface area contributed by atoms with Crippen molar-refractivity contribution in [3.8, 4) is 0 Å². The zero-order valence-corrected chi connectivity index (χ0v) is 18.1. The molecular weight excluding hydrogens is 382 g/mol. The number of aromatic amines is 1. The molecule has 2 saturated heterocycles. The molecule has 30 heavy (non-hydrogen) atoms. The predicted molar refractivity (Wildman–Crippen MR) is 113 cm³/mol. The van der Waals surface area contributed by atoms with Crippen LogP contribution in [0.15, 0.2) is 0 Å². The van der Waals surface area contributed by atoms with Crippen LogP contribution >= 0.6 is 0 Å². The largest absolute Gasteiger partial charge is 0.388 e. The van der Waals surface area contributed by atoms with Gasteiger partial charge in [0.1, 0.15) is 0 Å². The highest BCUT2D eigenvalue weighted by Gasteiger charge is 2.35. The number of aliphatic hydroxyl groups is 1. The molecule has 0 saturated carbocycles. The number of fused-ring (bicyclic) bond motifs is 1. The Kier molecular flexibility index (Phi) is 6.43. The molecule has 1 aromatic heterocycles. The first kappa shape index (κ1) is 21.3. The second-order valence-corrected chi connectivity index (χ2v) is 9.36. The third kappa shape index (κ3) is 4.86. The summed E-state index contributed by atoms with van der Waals surface area (Å²) in [7, 11) is 0. The summed E-state index contributed by atoms with van der Waals surface area (Å²) in [5.41, 5.74) is 2.06. The minimum Gasteiger partial charge on any atom is -0.388 e. The van der Waals surface area contributed by atoms with Crippen molar-refractivity contribution in [2.45, 2.75) is 76.4 Å². The van der Waals surface area contributed by atoms with E-state index in [0.717, 1.165) is 69.3 Å². The number of rotatable bonds is 4.